The molecule has 112 valence electrons. The molecule has 0 spiro atoms. The first-order valence-corrected chi connectivity index (χ1v) is 6.82. The van der Waals surface area contributed by atoms with Crippen molar-refractivity contribution in [3.8, 4) is 18.0 Å². The van der Waals surface area contributed by atoms with Gasteiger partial charge in [0.15, 0.2) is 5.69 Å². The van der Waals surface area contributed by atoms with Gasteiger partial charge in [0.25, 0.3) is 5.91 Å². The number of hydrogen-bond acceptors (Lipinski definition) is 4. The largest absolute Gasteiger partial charge is 0.364 e. The molecule has 0 unspecified atom stereocenters. The number of nitrogens with one attached hydrogen (secondary N) is 1. The van der Waals surface area contributed by atoms with Crippen LogP contribution in [0.2, 0.25) is 0 Å². The summed E-state index contributed by atoms with van der Waals surface area (Å²) in [6, 6.07) is 12.7. The Bertz CT molecular complexity index is 893. The molecule has 2 heterocycles. The number of benzene rings is 1. The first-order chi connectivity index (χ1) is 11.2. The van der Waals surface area contributed by atoms with Gasteiger partial charge in [-0.05, 0) is 30.3 Å². The molecule has 3 rings (SSSR count). The SMILES string of the molecule is C#Cc1cccc(-n2cc(Nc3ccccn3)c(C(N)=O)n2)c1. The molecule has 1 amide bonds. The highest BCUT2D eigenvalue weighted by Gasteiger charge is 2.15. The second-order valence-electron chi connectivity index (χ2n) is 4.73. The number of aromatic nitrogens is 3. The number of rotatable bonds is 4. The summed E-state index contributed by atoms with van der Waals surface area (Å²) in [5, 5.41) is 7.27. The summed E-state index contributed by atoms with van der Waals surface area (Å²) < 4.78 is 1.55. The highest BCUT2D eigenvalue weighted by atomic mass is 16.1. The molecule has 0 aliphatic carbocycles. The lowest BCUT2D eigenvalue weighted by molar-refractivity contribution is 0.0996. The van der Waals surface area contributed by atoms with Crippen LogP contribution in [0, 0.1) is 12.3 Å². The van der Waals surface area contributed by atoms with Gasteiger partial charge < -0.3 is 11.1 Å². The van der Waals surface area contributed by atoms with Crippen LogP contribution in [0.4, 0.5) is 11.5 Å². The van der Waals surface area contributed by atoms with E-state index in [1.165, 1.54) is 0 Å². The van der Waals surface area contributed by atoms with Gasteiger partial charge in [0.1, 0.15) is 5.82 Å². The topological polar surface area (TPSA) is 85.8 Å². The van der Waals surface area contributed by atoms with Crippen molar-refractivity contribution >= 4 is 17.4 Å². The maximum atomic E-state index is 11.6. The molecule has 6 nitrogen and oxygen atoms in total. The third-order valence-corrected chi connectivity index (χ3v) is 3.15. The number of hydrogen-bond donors (Lipinski definition) is 2. The van der Waals surface area contributed by atoms with Crippen molar-refractivity contribution < 1.29 is 4.79 Å². The predicted octanol–water partition coefficient (Wildman–Crippen LogP) is 2.09. The second-order valence-corrected chi connectivity index (χ2v) is 4.73. The van der Waals surface area contributed by atoms with Gasteiger partial charge in [-0.15, -0.1) is 6.42 Å². The van der Waals surface area contributed by atoms with Crippen LogP contribution in [-0.2, 0) is 0 Å². The molecule has 2 aromatic heterocycles. The van der Waals surface area contributed by atoms with Gasteiger partial charge in [-0.25, -0.2) is 9.67 Å². The zero-order valence-electron chi connectivity index (χ0n) is 12.1. The second kappa shape index (κ2) is 6.03. The third kappa shape index (κ3) is 3.04. The van der Waals surface area contributed by atoms with Gasteiger partial charge in [0.2, 0.25) is 0 Å². The summed E-state index contributed by atoms with van der Waals surface area (Å²) in [5.74, 6) is 2.52. The summed E-state index contributed by atoms with van der Waals surface area (Å²) in [6.45, 7) is 0. The number of nitrogens with zero attached hydrogens (tertiary/aromatic N) is 3. The van der Waals surface area contributed by atoms with E-state index >= 15 is 0 Å². The minimum atomic E-state index is -0.629. The van der Waals surface area contributed by atoms with Crippen LogP contribution in [0.5, 0.6) is 0 Å². The van der Waals surface area contributed by atoms with E-state index in [1.54, 1.807) is 35.3 Å². The van der Waals surface area contributed by atoms with E-state index < -0.39 is 5.91 Å². The Morgan fingerprint density at radius 2 is 2.13 bits per heavy atom. The highest BCUT2D eigenvalue weighted by Crippen LogP contribution is 2.21. The van der Waals surface area contributed by atoms with E-state index in [0.29, 0.717) is 11.5 Å². The Balaban J connectivity index is 2.02. The van der Waals surface area contributed by atoms with E-state index in [9.17, 15) is 4.79 Å². The summed E-state index contributed by atoms with van der Waals surface area (Å²) in [7, 11) is 0. The quantitative estimate of drug-likeness (QED) is 0.723. The minimum Gasteiger partial charge on any atom is -0.364 e. The maximum absolute atomic E-state index is 11.6. The van der Waals surface area contributed by atoms with Crippen LogP contribution >= 0.6 is 0 Å². The lowest BCUT2D eigenvalue weighted by Gasteiger charge is -2.03. The van der Waals surface area contributed by atoms with E-state index in [2.05, 4.69) is 21.3 Å². The Kier molecular flexibility index (Phi) is 3.77. The van der Waals surface area contributed by atoms with Crippen LogP contribution in [0.3, 0.4) is 0 Å². The Hall–Kier alpha value is -3.59. The molecule has 0 aliphatic rings. The maximum Gasteiger partial charge on any atom is 0.271 e. The van der Waals surface area contributed by atoms with Gasteiger partial charge in [-0.1, -0.05) is 18.1 Å². The van der Waals surface area contributed by atoms with Crippen molar-refractivity contribution in [1.29, 1.82) is 0 Å². The van der Waals surface area contributed by atoms with Crippen LogP contribution in [0.25, 0.3) is 5.69 Å². The molecule has 1 aromatic carbocycles. The van der Waals surface area contributed by atoms with Crippen molar-refractivity contribution in [2.45, 2.75) is 0 Å². The molecule has 0 radical (unpaired) electrons. The Morgan fingerprint density at radius 3 is 2.83 bits per heavy atom. The summed E-state index contributed by atoms with van der Waals surface area (Å²) in [6.07, 6.45) is 8.72. The van der Waals surface area contributed by atoms with E-state index in [1.807, 2.05) is 24.3 Å². The van der Waals surface area contributed by atoms with Crippen molar-refractivity contribution in [3.63, 3.8) is 0 Å². The number of terminal acetylenes is 1. The van der Waals surface area contributed by atoms with Crippen molar-refractivity contribution in [3.05, 3.63) is 66.1 Å². The van der Waals surface area contributed by atoms with Gasteiger partial charge in [0.05, 0.1) is 17.6 Å². The normalized spacial score (nSPS) is 10.0. The lowest BCUT2D eigenvalue weighted by Crippen LogP contribution is -2.14. The van der Waals surface area contributed by atoms with Crippen LogP contribution in [-0.4, -0.2) is 20.7 Å². The van der Waals surface area contributed by atoms with Gasteiger partial charge >= 0.3 is 0 Å². The van der Waals surface area contributed by atoms with Gasteiger partial charge in [0, 0.05) is 11.8 Å². The number of primary amides is 1. The molecule has 3 aromatic rings. The van der Waals surface area contributed by atoms with Gasteiger partial charge in [-0.2, -0.15) is 5.10 Å². The van der Waals surface area contributed by atoms with Crippen molar-refractivity contribution in [1.82, 2.24) is 14.8 Å². The van der Waals surface area contributed by atoms with Crippen LogP contribution in [0.1, 0.15) is 16.1 Å². The average molecular weight is 303 g/mol. The molecule has 23 heavy (non-hydrogen) atoms. The van der Waals surface area contributed by atoms with E-state index in [-0.39, 0.29) is 5.69 Å². The molecular weight excluding hydrogens is 290 g/mol. The zero-order valence-corrected chi connectivity index (χ0v) is 12.1. The fourth-order valence-corrected chi connectivity index (χ4v) is 2.09. The summed E-state index contributed by atoms with van der Waals surface area (Å²) in [5.41, 5.74) is 7.46. The zero-order chi connectivity index (χ0) is 16.2. The number of nitrogens with two attached hydrogens (primary N) is 1. The molecule has 3 N–H and O–H groups in total. The Labute approximate surface area is 133 Å². The first-order valence-electron chi connectivity index (χ1n) is 6.82. The van der Waals surface area contributed by atoms with Crippen LogP contribution < -0.4 is 11.1 Å². The highest BCUT2D eigenvalue weighted by molar-refractivity contribution is 5.97. The number of carbonyl (C=O) groups excluding carboxylic acids is 1. The molecule has 0 fully saturated rings. The summed E-state index contributed by atoms with van der Waals surface area (Å²) >= 11 is 0. The number of carbonyl (C=O) groups is 1. The fraction of sp³-hybridized carbons (Fsp3) is 0. The first kappa shape index (κ1) is 14.4. The molecule has 6 heteroatoms. The average Bonchev–Trinajstić information content (AvgIpc) is 3.00. The standard InChI is InChI=1S/C17H13N5O/c1-2-12-6-5-7-13(10-12)22-11-14(16(21-22)17(18)23)20-15-8-3-4-9-19-15/h1,3-11H,(H2,18,23)(H,19,20). The minimum absolute atomic E-state index is 0.127. The van der Waals surface area contributed by atoms with Crippen molar-refractivity contribution in [2.75, 3.05) is 5.32 Å². The van der Waals surface area contributed by atoms with Gasteiger partial charge in [-0.3, -0.25) is 4.79 Å². The third-order valence-electron chi connectivity index (χ3n) is 3.15. The predicted molar refractivity (Wildman–Crippen MR) is 87.5 cm³/mol. The monoisotopic (exact) mass is 303 g/mol. The molecular formula is C17H13N5O. The molecule has 0 aliphatic heterocycles. The number of anilines is 2. The molecule has 0 bridgehead atoms. The smallest absolute Gasteiger partial charge is 0.271 e. The lowest BCUT2D eigenvalue weighted by atomic mass is 10.2. The number of pyridine rings is 1. The number of amides is 1. The Morgan fingerprint density at radius 1 is 1.26 bits per heavy atom. The molecule has 0 saturated heterocycles. The fourth-order valence-electron chi connectivity index (χ4n) is 2.09. The van der Waals surface area contributed by atoms with Crippen molar-refractivity contribution in [2.24, 2.45) is 5.73 Å². The van der Waals surface area contributed by atoms with E-state index in [0.717, 1.165) is 11.3 Å². The molecule has 0 atom stereocenters. The summed E-state index contributed by atoms with van der Waals surface area (Å²) in [4.78, 5) is 15.8. The van der Waals surface area contributed by atoms with Crippen LogP contribution in [0.15, 0.2) is 54.9 Å². The van der Waals surface area contributed by atoms with E-state index in [4.69, 9.17) is 12.2 Å². The molecule has 0 saturated carbocycles.